The Labute approximate surface area is 56.1 Å². The van der Waals surface area contributed by atoms with Gasteiger partial charge in [-0.1, -0.05) is 0 Å². The van der Waals surface area contributed by atoms with Crippen LogP contribution in [0.5, 0.6) is 0 Å². The molecule has 0 rings (SSSR count). The Morgan fingerprint density at radius 3 is 1.14 bits per heavy atom. The fourth-order valence-corrected chi connectivity index (χ4v) is 0. The molecule has 1 N–H and O–H groups in total. The van der Waals surface area contributed by atoms with E-state index in [1.54, 1.807) is 0 Å². The Morgan fingerprint density at radius 1 is 1.14 bits per heavy atom. The first kappa shape index (κ1) is 15.7. The molecule has 0 amide bonds. The van der Waals surface area contributed by atoms with Crippen molar-refractivity contribution in [3.8, 4) is 0 Å². The van der Waals surface area contributed by atoms with Crippen LogP contribution in [0.4, 0.5) is 0 Å². The zero-order chi connectivity index (χ0) is 4.50. The third-order valence-corrected chi connectivity index (χ3v) is 0. The first-order valence-electron chi connectivity index (χ1n) is 0.730. The molecule has 0 saturated heterocycles. The van der Waals surface area contributed by atoms with E-state index in [1.165, 1.54) is 0 Å². The molecular weight excluding hydrogens is 135 g/mol. The van der Waals surface area contributed by atoms with Crippen molar-refractivity contribution in [3.05, 3.63) is 0 Å². The van der Waals surface area contributed by atoms with Crippen LogP contribution in [0.15, 0.2) is 0 Å². The fourth-order valence-electron chi connectivity index (χ4n) is 0. The summed E-state index contributed by atoms with van der Waals surface area (Å²) >= 11 is 0. The van der Waals surface area contributed by atoms with E-state index in [2.05, 4.69) is 0 Å². The van der Waals surface area contributed by atoms with E-state index >= 15 is 0 Å². The molecule has 0 saturated carbocycles. The van der Waals surface area contributed by atoms with Gasteiger partial charge in [0.1, 0.15) is 0 Å². The predicted octanol–water partition coefficient (Wildman–Crippen LogP) is -3.38. The summed E-state index contributed by atoms with van der Waals surface area (Å²) in [5.74, 6) is 0. The minimum Gasteiger partial charge on any atom is -0.870 e. The van der Waals surface area contributed by atoms with Crippen LogP contribution < -0.4 is 14.7 Å². The molecule has 0 aliphatic carbocycles. The van der Waals surface area contributed by atoms with Crippen molar-refractivity contribution in [2.45, 2.75) is 0 Å². The Morgan fingerprint density at radius 2 is 1.14 bits per heavy atom. The number of rotatable bonds is 0. The zero-order valence-electron chi connectivity index (χ0n) is 3.23. The Balaban J connectivity index is -0.0000000800. The average Bonchev–Trinajstić information content (AvgIpc) is 0.722. The Kier molecular flexibility index (Phi) is 11.1. The van der Waals surface area contributed by atoms with Gasteiger partial charge in [0.25, 0.3) is 0 Å². The topological polar surface area (TPSA) is 116 Å². The van der Waals surface area contributed by atoms with Crippen LogP contribution in [0.25, 0.3) is 0 Å². The first-order chi connectivity index (χ1) is 2.00. The van der Waals surface area contributed by atoms with Gasteiger partial charge in [-0.2, -0.15) is 7.82 Å². The number of phosphoric acid groups is 1. The summed E-state index contributed by atoms with van der Waals surface area (Å²) in [4.78, 5) is 25.6. The van der Waals surface area contributed by atoms with Crippen molar-refractivity contribution >= 4 is 30.9 Å². The molecule has 0 heterocycles. The second-order valence-corrected chi connectivity index (χ2v) is 1.34. The van der Waals surface area contributed by atoms with Gasteiger partial charge in [-0.25, -0.2) is 0 Å². The van der Waals surface area contributed by atoms with Crippen molar-refractivity contribution in [1.29, 1.82) is 0 Å². The molecule has 0 spiro atoms. The van der Waals surface area contributed by atoms with E-state index in [4.69, 9.17) is 19.2 Å². The van der Waals surface area contributed by atoms with Crippen molar-refractivity contribution in [2.24, 2.45) is 0 Å². The number of hydrogen-bond acceptors (Lipinski definition) is 5. The smallest absolute Gasteiger partial charge is 0.870 e. The molecule has 0 aromatic heterocycles. The summed E-state index contributed by atoms with van der Waals surface area (Å²) in [6.07, 6.45) is 0. The molecular formula is HMgO5P-2. The van der Waals surface area contributed by atoms with Gasteiger partial charge in [-0.3, -0.25) is 0 Å². The van der Waals surface area contributed by atoms with Crippen molar-refractivity contribution < 1.29 is 24.7 Å². The van der Waals surface area contributed by atoms with Gasteiger partial charge in [-0.15, -0.1) is 0 Å². The maximum atomic E-state index is 8.55. The van der Waals surface area contributed by atoms with Crippen LogP contribution in [0, 0.1) is 0 Å². The summed E-state index contributed by atoms with van der Waals surface area (Å²) in [7, 11) is -5.39. The Hall–Kier alpha value is 0.836. The van der Waals surface area contributed by atoms with Crippen LogP contribution in [0.3, 0.4) is 0 Å². The predicted molar refractivity (Wildman–Crippen MR) is 15.3 cm³/mol. The van der Waals surface area contributed by atoms with E-state index in [0.717, 1.165) is 0 Å². The summed E-state index contributed by atoms with van der Waals surface area (Å²) in [5, 5.41) is 0. The standard InChI is InChI=1S/Mg.H3O4P.H2O/c;1-5(2,3)4;/h;(H3,1,2,3,4);1H2/q+2;;/p-4. The van der Waals surface area contributed by atoms with Crippen LogP contribution in [-0.2, 0) is 4.57 Å². The first-order valence-corrected chi connectivity index (χ1v) is 2.19. The maximum absolute atomic E-state index is 8.55. The quantitative estimate of drug-likeness (QED) is 0.254. The van der Waals surface area contributed by atoms with E-state index in [0.29, 0.717) is 0 Å². The van der Waals surface area contributed by atoms with Crippen LogP contribution in [-0.4, -0.2) is 28.5 Å². The number of hydrogen-bond donors (Lipinski definition) is 0. The third-order valence-electron chi connectivity index (χ3n) is 0. The second kappa shape index (κ2) is 4.98. The molecule has 0 atom stereocenters. The monoisotopic (exact) mass is 136 g/mol. The third kappa shape index (κ3) is 229. The van der Waals surface area contributed by atoms with Crippen molar-refractivity contribution in [1.82, 2.24) is 0 Å². The molecule has 0 unspecified atom stereocenters. The molecule has 0 aliphatic heterocycles. The summed E-state index contributed by atoms with van der Waals surface area (Å²) in [6, 6.07) is 0. The SMILES string of the molecule is O=P([O-])([O-])[O-].[Mg+2].[OH-]. The van der Waals surface area contributed by atoms with Crippen LogP contribution in [0.2, 0.25) is 0 Å². The maximum Gasteiger partial charge on any atom is 2.00 e. The molecule has 7 heteroatoms. The largest absolute Gasteiger partial charge is 2.00 e. The van der Waals surface area contributed by atoms with E-state index in [-0.39, 0.29) is 28.5 Å². The summed E-state index contributed by atoms with van der Waals surface area (Å²) in [6.45, 7) is 0. The molecule has 0 aromatic carbocycles. The van der Waals surface area contributed by atoms with E-state index in [9.17, 15) is 0 Å². The van der Waals surface area contributed by atoms with E-state index in [1.807, 2.05) is 0 Å². The molecule has 7 heavy (non-hydrogen) atoms. The van der Waals surface area contributed by atoms with E-state index < -0.39 is 7.82 Å². The van der Waals surface area contributed by atoms with Crippen molar-refractivity contribution in [3.63, 3.8) is 0 Å². The molecule has 0 fully saturated rings. The normalized spacial score (nSPS) is 8.43. The molecule has 0 aliphatic rings. The van der Waals surface area contributed by atoms with Gasteiger partial charge in [0.05, 0.1) is 0 Å². The molecule has 40 valence electrons. The average molecular weight is 136 g/mol. The van der Waals surface area contributed by atoms with Crippen LogP contribution in [0.1, 0.15) is 0 Å². The zero-order valence-corrected chi connectivity index (χ0v) is 5.54. The molecule has 0 aromatic rings. The van der Waals surface area contributed by atoms with Gasteiger partial charge in [0, 0.05) is 0 Å². The van der Waals surface area contributed by atoms with Crippen LogP contribution >= 0.6 is 7.82 Å². The Bertz CT molecular complexity index is 54.2. The van der Waals surface area contributed by atoms with Gasteiger partial charge in [0.15, 0.2) is 0 Å². The van der Waals surface area contributed by atoms with Gasteiger partial charge >= 0.3 is 23.1 Å². The summed E-state index contributed by atoms with van der Waals surface area (Å²) in [5.41, 5.74) is 0. The van der Waals surface area contributed by atoms with Gasteiger partial charge in [0.2, 0.25) is 0 Å². The van der Waals surface area contributed by atoms with Crippen molar-refractivity contribution in [2.75, 3.05) is 0 Å². The minimum absolute atomic E-state index is 0. The molecule has 5 nitrogen and oxygen atoms in total. The fraction of sp³-hybridized carbons (Fsp3) is 0. The summed E-state index contributed by atoms with van der Waals surface area (Å²) < 4.78 is 8.55. The van der Waals surface area contributed by atoms with Gasteiger partial charge in [-0.05, 0) is 0 Å². The molecule has 0 radical (unpaired) electrons. The van der Waals surface area contributed by atoms with Gasteiger partial charge < -0.3 is 24.7 Å². The molecule has 0 bridgehead atoms. The minimum atomic E-state index is -5.39. The second-order valence-electron chi connectivity index (χ2n) is 0.447.